The van der Waals surface area contributed by atoms with Crippen molar-refractivity contribution >= 4 is 29.2 Å². The van der Waals surface area contributed by atoms with Crippen molar-refractivity contribution in [3.05, 3.63) is 33.8 Å². The van der Waals surface area contributed by atoms with Crippen molar-refractivity contribution < 1.29 is 9.90 Å². The van der Waals surface area contributed by atoms with Crippen LogP contribution >= 0.6 is 23.2 Å². The van der Waals surface area contributed by atoms with Gasteiger partial charge >= 0.3 is 5.97 Å². The minimum atomic E-state index is -0.854. The second-order valence-electron chi connectivity index (χ2n) is 4.37. The lowest BCUT2D eigenvalue weighted by molar-refractivity contribution is -0.140. The van der Waals surface area contributed by atoms with Gasteiger partial charge in [0.05, 0.1) is 22.0 Å². The maximum Gasteiger partial charge on any atom is 0.305 e. The first kappa shape index (κ1) is 14.3. The molecule has 0 aliphatic carbocycles. The second-order valence-corrected chi connectivity index (χ2v) is 5.18. The Balaban J connectivity index is 3.22. The number of benzene rings is 1. The molecule has 0 amide bonds. The quantitative estimate of drug-likeness (QED) is 0.917. The smallest absolute Gasteiger partial charge is 0.305 e. The molecule has 1 N–H and O–H groups in total. The minimum Gasteiger partial charge on any atom is -0.481 e. The van der Waals surface area contributed by atoms with Gasteiger partial charge in [0.1, 0.15) is 0 Å². The number of aliphatic carboxylic acids is 1. The molecular weight excluding hydrogens is 261 g/mol. The first-order chi connectivity index (χ1) is 7.77. The van der Waals surface area contributed by atoms with Crippen molar-refractivity contribution in [3.63, 3.8) is 0 Å². The average Bonchev–Trinajstić information content (AvgIpc) is 2.20. The number of hydrogen-bond donors (Lipinski definition) is 1. The molecule has 0 fully saturated rings. The maximum atomic E-state index is 11.0. The second kappa shape index (κ2) is 5.25. The van der Waals surface area contributed by atoms with Gasteiger partial charge in [0.2, 0.25) is 0 Å². The van der Waals surface area contributed by atoms with E-state index in [0.717, 1.165) is 5.56 Å². The highest BCUT2D eigenvalue weighted by atomic mass is 35.5. The van der Waals surface area contributed by atoms with Gasteiger partial charge in [-0.3, -0.25) is 9.69 Å². The topological polar surface area (TPSA) is 40.5 Å². The van der Waals surface area contributed by atoms with Gasteiger partial charge in [-0.1, -0.05) is 29.3 Å². The Bertz CT molecular complexity index is 435. The summed E-state index contributed by atoms with van der Waals surface area (Å²) in [6.45, 7) is 1.86. The Labute approximate surface area is 111 Å². The van der Waals surface area contributed by atoms with Crippen LogP contribution in [0.15, 0.2) is 18.2 Å². The van der Waals surface area contributed by atoms with Crippen LogP contribution < -0.4 is 0 Å². The molecule has 3 nitrogen and oxygen atoms in total. The standard InChI is InChI=1S/C12H15Cl2NO2/c1-12(15(2)3,7-11(16)17)8-4-5-9(13)10(14)6-8/h4-6H,7H2,1-3H3,(H,16,17). The lowest BCUT2D eigenvalue weighted by Crippen LogP contribution is -2.40. The van der Waals surface area contributed by atoms with Gasteiger partial charge in [-0.15, -0.1) is 0 Å². The fraction of sp³-hybridized carbons (Fsp3) is 0.417. The van der Waals surface area contributed by atoms with E-state index in [1.807, 2.05) is 25.9 Å². The number of hydrogen-bond acceptors (Lipinski definition) is 2. The van der Waals surface area contributed by atoms with E-state index in [9.17, 15) is 4.79 Å². The van der Waals surface area contributed by atoms with Gasteiger partial charge < -0.3 is 5.11 Å². The van der Waals surface area contributed by atoms with Crippen LogP contribution in [0.3, 0.4) is 0 Å². The number of halogens is 2. The molecule has 0 spiro atoms. The van der Waals surface area contributed by atoms with E-state index in [4.69, 9.17) is 28.3 Å². The van der Waals surface area contributed by atoms with Crippen LogP contribution in [0, 0.1) is 0 Å². The predicted octanol–water partition coefficient (Wildman–Crippen LogP) is 3.24. The zero-order chi connectivity index (χ0) is 13.2. The Morgan fingerprint density at radius 3 is 2.35 bits per heavy atom. The van der Waals surface area contributed by atoms with Crippen LogP contribution in [-0.4, -0.2) is 30.1 Å². The SMILES string of the molecule is CN(C)C(C)(CC(=O)O)c1ccc(Cl)c(Cl)c1. The van der Waals surface area contributed by atoms with E-state index < -0.39 is 11.5 Å². The zero-order valence-corrected chi connectivity index (χ0v) is 11.5. The lowest BCUT2D eigenvalue weighted by Gasteiger charge is -2.36. The number of carbonyl (C=O) groups is 1. The molecule has 94 valence electrons. The molecule has 0 saturated carbocycles. The van der Waals surface area contributed by atoms with E-state index in [-0.39, 0.29) is 6.42 Å². The highest BCUT2D eigenvalue weighted by Gasteiger charge is 2.32. The molecule has 0 aliphatic rings. The molecule has 1 aromatic rings. The number of carboxylic acids is 1. The summed E-state index contributed by atoms with van der Waals surface area (Å²) in [5.41, 5.74) is 0.222. The van der Waals surface area contributed by atoms with Gasteiger partial charge in [0, 0.05) is 0 Å². The molecule has 0 heterocycles. The Hall–Kier alpha value is -0.770. The summed E-state index contributed by atoms with van der Waals surface area (Å²) in [6, 6.07) is 5.20. The summed E-state index contributed by atoms with van der Waals surface area (Å²) in [5.74, 6) is -0.854. The van der Waals surface area contributed by atoms with Gasteiger partial charge in [0.25, 0.3) is 0 Å². The van der Waals surface area contributed by atoms with Crippen molar-refractivity contribution in [2.75, 3.05) is 14.1 Å². The Morgan fingerprint density at radius 1 is 1.35 bits per heavy atom. The first-order valence-electron chi connectivity index (χ1n) is 5.12. The molecule has 0 bridgehead atoms. The minimum absolute atomic E-state index is 0.00202. The molecule has 0 aliphatic heterocycles. The Morgan fingerprint density at radius 2 is 1.94 bits per heavy atom. The molecule has 1 rings (SSSR count). The molecule has 17 heavy (non-hydrogen) atoms. The number of nitrogens with zero attached hydrogens (tertiary/aromatic N) is 1. The zero-order valence-electron chi connectivity index (χ0n) is 10.00. The number of carboxylic acid groups (broad SMARTS) is 1. The predicted molar refractivity (Wildman–Crippen MR) is 69.8 cm³/mol. The first-order valence-corrected chi connectivity index (χ1v) is 5.87. The summed E-state index contributed by atoms with van der Waals surface area (Å²) < 4.78 is 0. The van der Waals surface area contributed by atoms with Gasteiger partial charge in [-0.2, -0.15) is 0 Å². The molecule has 1 atom stereocenters. The maximum absolute atomic E-state index is 11.0. The highest BCUT2D eigenvalue weighted by molar-refractivity contribution is 6.42. The van der Waals surface area contributed by atoms with Crippen molar-refractivity contribution in [1.29, 1.82) is 0 Å². The van der Waals surface area contributed by atoms with Crippen LogP contribution in [0.4, 0.5) is 0 Å². The van der Waals surface area contributed by atoms with Gasteiger partial charge in [-0.05, 0) is 38.7 Å². The monoisotopic (exact) mass is 275 g/mol. The molecule has 0 saturated heterocycles. The molecular formula is C12H15Cl2NO2. The Kier molecular flexibility index (Phi) is 4.42. The third kappa shape index (κ3) is 3.12. The normalized spacial score (nSPS) is 14.7. The fourth-order valence-corrected chi connectivity index (χ4v) is 1.94. The third-order valence-corrected chi connectivity index (χ3v) is 3.76. The summed E-state index contributed by atoms with van der Waals surface area (Å²) in [7, 11) is 3.68. The van der Waals surface area contributed by atoms with Crippen LogP contribution in [0.1, 0.15) is 18.9 Å². The lowest BCUT2D eigenvalue weighted by atomic mass is 9.87. The molecule has 1 unspecified atom stereocenters. The van der Waals surface area contributed by atoms with Gasteiger partial charge in [-0.25, -0.2) is 0 Å². The van der Waals surface area contributed by atoms with Crippen molar-refractivity contribution in [2.24, 2.45) is 0 Å². The molecule has 0 radical (unpaired) electrons. The van der Waals surface area contributed by atoms with Crippen molar-refractivity contribution in [1.82, 2.24) is 4.90 Å². The summed E-state index contributed by atoms with van der Waals surface area (Å²) in [6.07, 6.45) is -0.00202. The van der Waals surface area contributed by atoms with Crippen LogP contribution in [0.5, 0.6) is 0 Å². The largest absolute Gasteiger partial charge is 0.481 e. The highest BCUT2D eigenvalue weighted by Crippen LogP contribution is 2.33. The molecule has 5 heteroatoms. The van der Waals surface area contributed by atoms with E-state index in [1.165, 1.54) is 0 Å². The third-order valence-electron chi connectivity index (χ3n) is 3.02. The number of rotatable bonds is 4. The fourth-order valence-electron chi connectivity index (χ4n) is 1.64. The summed E-state index contributed by atoms with van der Waals surface area (Å²) in [4.78, 5) is 12.8. The van der Waals surface area contributed by atoms with Crippen molar-refractivity contribution in [2.45, 2.75) is 18.9 Å². The summed E-state index contributed by atoms with van der Waals surface area (Å²) in [5, 5.41) is 9.90. The van der Waals surface area contributed by atoms with E-state index in [1.54, 1.807) is 18.2 Å². The average molecular weight is 276 g/mol. The van der Waals surface area contributed by atoms with Gasteiger partial charge in [0.15, 0.2) is 0 Å². The van der Waals surface area contributed by atoms with E-state index >= 15 is 0 Å². The summed E-state index contributed by atoms with van der Waals surface area (Å²) >= 11 is 11.8. The van der Waals surface area contributed by atoms with E-state index in [2.05, 4.69) is 0 Å². The molecule has 0 aromatic heterocycles. The van der Waals surface area contributed by atoms with Crippen molar-refractivity contribution in [3.8, 4) is 0 Å². The molecule has 1 aromatic carbocycles. The van der Waals surface area contributed by atoms with Crippen LogP contribution in [0.2, 0.25) is 10.0 Å². The van der Waals surface area contributed by atoms with E-state index in [0.29, 0.717) is 10.0 Å². The van der Waals surface area contributed by atoms with Crippen LogP contribution in [0.25, 0.3) is 0 Å². The van der Waals surface area contributed by atoms with Crippen LogP contribution in [-0.2, 0) is 10.3 Å².